The molecule has 0 saturated carbocycles. The van der Waals surface area contributed by atoms with Gasteiger partial charge in [-0.2, -0.15) is 0 Å². The van der Waals surface area contributed by atoms with E-state index in [9.17, 15) is 9.59 Å². The molecule has 0 bridgehead atoms. The van der Waals surface area contributed by atoms with Gasteiger partial charge in [-0.1, -0.05) is 0 Å². The van der Waals surface area contributed by atoms with Crippen LogP contribution in [0.2, 0.25) is 0 Å². The second kappa shape index (κ2) is 7.75. The molecule has 1 fully saturated rings. The second-order valence-corrected chi connectivity index (χ2v) is 4.83. The van der Waals surface area contributed by atoms with E-state index in [1.165, 1.54) is 6.92 Å². The van der Waals surface area contributed by atoms with Crippen LogP contribution in [0.3, 0.4) is 0 Å². The van der Waals surface area contributed by atoms with Crippen LogP contribution in [-0.2, 0) is 9.53 Å². The van der Waals surface area contributed by atoms with Crippen molar-refractivity contribution in [3.63, 3.8) is 0 Å². The van der Waals surface area contributed by atoms with Gasteiger partial charge in [-0.05, 0) is 24.3 Å². The summed E-state index contributed by atoms with van der Waals surface area (Å²) in [4.78, 5) is 25.0. The number of morpholine rings is 1. The zero-order valence-corrected chi connectivity index (χ0v) is 12.1. The average Bonchev–Trinajstić information content (AvgIpc) is 2.48. The highest BCUT2D eigenvalue weighted by molar-refractivity contribution is 5.94. The maximum absolute atomic E-state index is 12.0. The Morgan fingerprint density at radius 3 is 2.52 bits per heavy atom. The molecule has 0 unspecified atom stereocenters. The topological polar surface area (TPSA) is 67.9 Å². The quantitative estimate of drug-likeness (QED) is 0.638. The van der Waals surface area contributed by atoms with Gasteiger partial charge in [-0.3, -0.25) is 14.5 Å². The number of ether oxygens (including phenoxy) is 2. The van der Waals surface area contributed by atoms with Gasteiger partial charge in [-0.25, -0.2) is 0 Å². The number of nitrogens with one attached hydrogen (secondary N) is 1. The number of esters is 1. The van der Waals surface area contributed by atoms with E-state index in [1.807, 2.05) is 0 Å². The predicted molar refractivity (Wildman–Crippen MR) is 77.3 cm³/mol. The summed E-state index contributed by atoms with van der Waals surface area (Å²) in [5.74, 6) is -0.0669. The standard InChI is InChI=1S/C15H20N2O4/c1-12(18)21-14-4-2-13(3-5-14)15(19)16-6-7-17-8-10-20-11-9-17/h2-5H,6-11H2,1H3,(H,16,19). The van der Waals surface area contributed by atoms with Crippen molar-refractivity contribution in [1.82, 2.24) is 10.2 Å². The third-order valence-electron chi connectivity index (χ3n) is 3.20. The Hall–Kier alpha value is -1.92. The summed E-state index contributed by atoms with van der Waals surface area (Å²) in [5, 5.41) is 2.88. The fourth-order valence-corrected chi connectivity index (χ4v) is 2.09. The van der Waals surface area contributed by atoms with E-state index >= 15 is 0 Å². The molecule has 1 heterocycles. The third-order valence-corrected chi connectivity index (χ3v) is 3.20. The van der Waals surface area contributed by atoms with Crippen molar-refractivity contribution in [2.45, 2.75) is 6.92 Å². The molecule has 2 rings (SSSR count). The van der Waals surface area contributed by atoms with Crippen molar-refractivity contribution in [3.05, 3.63) is 29.8 Å². The summed E-state index contributed by atoms with van der Waals surface area (Å²) in [5.41, 5.74) is 0.549. The van der Waals surface area contributed by atoms with Gasteiger partial charge in [0.25, 0.3) is 5.91 Å². The Balaban J connectivity index is 1.75. The molecule has 0 spiro atoms. The largest absolute Gasteiger partial charge is 0.427 e. The molecule has 21 heavy (non-hydrogen) atoms. The van der Waals surface area contributed by atoms with E-state index in [0.29, 0.717) is 17.9 Å². The van der Waals surface area contributed by atoms with Gasteiger partial charge in [0.05, 0.1) is 13.2 Å². The number of nitrogens with zero attached hydrogens (tertiary/aromatic N) is 1. The third kappa shape index (κ3) is 5.17. The van der Waals surface area contributed by atoms with E-state index in [1.54, 1.807) is 24.3 Å². The Morgan fingerprint density at radius 1 is 1.24 bits per heavy atom. The Bertz CT molecular complexity index is 481. The number of amides is 1. The van der Waals surface area contributed by atoms with Crippen LogP contribution in [0, 0.1) is 0 Å². The minimum Gasteiger partial charge on any atom is -0.427 e. The first-order valence-electron chi connectivity index (χ1n) is 7.02. The van der Waals surface area contributed by atoms with E-state index < -0.39 is 0 Å². The molecule has 0 aromatic heterocycles. The minimum atomic E-state index is -0.377. The Labute approximate surface area is 124 Å². The molecule has 1 aromatic carbocycles. The molecule has 6 nitrogen and oxygen atoms in total. The maximum Gasteiger partial charge on any atom is 0.308 e. The van der Waals surface area contributed by atoms with Gasteiger partial charge in [0.1, 0.15) is 5.75 Å². The first-order chi connectivity index (χ1) is 10.1. The molecule has 0 aliphatic carbocycles. The molecule has 1 aromatic rings. The highest BCUT2D eigenvalue weighted by Gasteiger charge is 2.11. The van der Waals surface area contributed by atoms with Crippen molar-refractivity contribution < 1.29 is 19.1 Å². The van der Waals surface area contributed by atoms with Gasteiger partial charge in [-0.15, -0.1) is 0 Å². The molecule has 1 amide bonds. The SMILES string of the molecule is CC(=O)Oc1ccc(C(=O)NCCN2CCOCC2)cc1. The highest BCUT2D eigenvalue weighted by Crippen LogP contribution is 2.12. The van der Waals surface area contributed by atoms with Gasteiger partial charge in [0, 0.05) is 38.7 Å². The number of hydrogen-bond donors (Lipinski definition) is 1. The van der Waals surface area contributed by atoms with E-state index in [0.717, 1.165) is 32.8 Å². The lowest BCUT2D eigenvalue weighted by Crippen LogP contribution is -2.41. The molecule has 1 aliphatic heterocycles. The van der Waals surface area contributed by atoms with Crippen molar-refractivity contribution >= 4 is 11.9 Å². The number of hydrogen-bond acceptors (Lipinski definition) is 5. The summed E-state index contributed by atoms with van der Waals surface area (Å²) in [7, 11) is 0. The van der Waals surface area contributed by atoms with Crippen molar-refractivity contribution in [2.75, 3.05) is 39.4 Å². The molecular formula is C15H20N2O4. The van der Waals surface area contributed by atoms with Crippen LogP contribution in [0.15, 0.2) is 24.3 Å². The lowest BCUT2D eigenvalue weighted by Gasteiger charge is -2.26. The van der Waals surface area contributed by atoms with Gasteiger partial charge in [0.15, 0.2) is 0 Å². The zero-order valence-electron chi connectivity index (χ0n) is 12.1. The van der Waals surface area contributed by atoms with Crippen LogP contribution in [0.1, 0.15) is 17.3 Å². The fourth-order valence-electron chi connectivity index (χ4n) is 2.09. The Kier molecular flexibility index (Phi) is 5.71. The fraction of sp³-hybridized carbons (Fsp3) is 0.467. The Morgan fingerprint density at radius 2 is 1.90 bits per heavy atom. The minimum absolute atomic E-state index is 0.127. The molecular weight excluding hydrogens is 272 g/mol. The van der Waals surface area contributed by atoms with E-state index in [-0.39, 0.29) is 11.9 Å². The number of benzene rings is 1. The predicted octanol–water partition coefficient (Wildman–Crippen LogP) is 0.674. The number of carbonyl (C=O) groups excluding carboxylic acids is 2. The van der Waals surface area contributed by atoms with Crippen LogP contribution < -0.4 is 10.1 Å². The zero-order chi connectivity index (χ0) is 15.1. The summed E-state index contributed by atoms with van der Waals surface area (Å²) in [6.45, 7) is 6.09. The summed E-state index contributed by atoms with van der Waals surface area (Å²) >= 11 is 0. The molecule has 0 atom stereocenters. The van der Waals surface area contributed by atoms with Crippen molar-refractivity contribution in [2.24, 2.45) is 0 Å². The van der Waals surface area contributed by atoms with Crippen molar-refractivity contribution in [3.8, 4) is 5.75 Å². The van der Waals surface area contributed by atoms with Gasteiger partial charge < -0.3 is 14.8 Å². The second-order valence-electron chi connectivity index (χ2n) is 4.83. The number of carbonyl (C=O) groups is 2. The van der Waals surface area contributed by atoms with Gasteiger partial charge in [0.2, 0.25) is 0 Å². The molecule has 0 radical (unpaired) electrons. The molecule has 114 valence electrons. The average molecular weight is 292 g/mol. The molecule has 1 N–H and O–H groups in total. The molecule has 1 aliphatic rings. The van der Waals surface area contributed by atoms with Crippen LogP contribution in [0.4, 0.5) is 0 Å². The molecule has 1 saturated heterocycles. The first kappa shape index (κ1) is 15.5. The number of rotatable bonds is 5. The van der Waals surface area contributed by atoms with E-state index in [4.69, 9.17) is 9.47 Å². The van der Waals surface area contributed by atoms with Crippen molar-refractivity contribution in [1.29, 1.82) is 0 Å². The smallest absolute Gasteiger partial charge is 0.308 e. The summed E-state index contributed by atoms with van der Waals surface area (Å²) in [6.07, 6.45) is 0. The van der Waals surface area contributed by atoms with E-state index in [2.05, 4.69) is 10.2 Å². The first-order valence-corrected chi connectivity index (χ1v) is 7.02. The lowest BCUT2D eigenvalue weighted by molar-refractivity contribution is -0.131. The lowest BCUT2D eigenvalue weighted by atomic mass is 10.2. The monoisotopic (exact) mass is 292 g/mol. The highest BCUT2D eigenvalue weighted by atomic mass is 16.5. The normalized spacial score (nSPS) is 15.5. The van der Waals surface area contributed by atoms with Crippen LogP contribution in [0.5, 0.6) is 5.75 Å². The molecule has 6 heteroatoms. The van der Waals surface area contributed by atoms with Crippen LogP contribution in [-0.4, -0.2) is 56.2 Å². The summed E-state index contributed by atoms with van der Waals surface area (Å²) < 4.78 is 10.2. The van der Waals surface area contributed by atoms with Gasteiger partial charge >= 0.3 is 5.97 Å². The van der Waals surface area contributed by atoms with Crippen LogP contribution in [0.25, 0.3) is 0 Å². The maximum atomic E-state index is 12.0. The van der Waals surface area contributed by atoms with Crippen LogP contribution >= 0.6 is 0 Å². The summed E-state index contributed by atoms with van der Waals surface area (Å²) in [6, 6.07) is 6.50.